The lowest BCUT2D eigenvalue weighted by Crippen LogP contribution is -2.48. The van der Waals surface area contributed by atoms with Crippen molar-refractivity contribution in [3.8, 4) is 17.2 Å². The van der Waals surface area contributed by atoms with Crippen LogP contribution in [0.15, 0.2) is 82.7 Å². The van der Waals surface area contributed by atoms with E-state index in [1.54, 1.807) is 49.8 Å². The fourth-order valence-corrected chi connectivity index (χ4v) is 4.60. The molecule has 38 heavy (non-hydrogen) atoms. The molecule has 1 saturated heterocycles. The number of methoxy groups -OCH3 is 1. The van der Waals surface area contributed by atoms with Crippen molar-refractivity contribution in [2.45, 2.75) is 5.22 Å². The highest BCUT2D eigenvalue weighted by Crippen LogP contribution is 2.24. The number of hydrogen-bond acceptors (Lipinski definition) is 9. The van der Waals surface area contributed by atoms with E-state index in [2.05, 4.69) is 25.4 Å². The summed E-state index contributed by atoms with van der Waals surface area (Å²) in [7, 11) is 1.60. The van der Waals surface area contributed by atoms with Crippen molar-refractivity contribution in [3.63, 3.8) is 0 Å². The Labute approximate surface area is 224 Å². The maximum Gasteiger partial charge on any atom is 0.277 e. The molecule has 0 radical (unpaired) electrons. The second kappa shape index (κ2) is 11.8. The minimum atomic E-state index is -0.172. The molecule has 194 valence electrons. The molecule has 1 fully saturated rings. The average Bonchev–Trinajstić information content (AvgIpc) is 3.46. The van der Waals surface area contributed by atoms with E-state index in [4.69, 9.17) is 9.15 Å². The van der Waals surface area contributed by atoms with Crippen molar-refractivity contribution in [1.29, 1.82) is 0 Å². The molecule has 3 heterocycles. The van der Waals surface area contributed by atoms with Crippen LogP contribution in [-0.4, -0.2) is 70.9 Å². The largest absolute Gasteiger partial charge is 0.497 e. The van der Waals surface area contributed by atoms with Crippen LogP contribution in [0.1, 0.15) is 10.4 Å². The van der Waals surface area contributed by atoms with Gasteiger partial charge in [-0.2, -0.15) is 0 Å². The van der Waals surface area contributed by atoms with Gasteiger partial charge in [0.05, 0.1) is 18.4 Å². The molecule has 0 spiro atoms. The lowest BCUT2D eigenvalue weighted by Gasteiger charge is -2.36. The molecule has 5 rings (SSSR count). The van der Waals surface area contributed by atoms with E-state index in [0.29, 0.717) is 35.5 Å². The SMILES string of the molecule is COc1ccc(C(=O)N2CCN(c3ccc(NC(=O)CSc4nnc(-c5cccnc5)o4)cc3)CC2)cc1. The molecule has 0 atom stereocenters. The fraction of sp³-hybridized carbons (Fsp3) is 0.222. The van der Waals surface area contributed by atoms with E-state index in [0.717, 1.165) is 30.1 Å². The molecular weight excluding hydrogens is 504 g/mol. The van der Waals surface area contributed by atoms with Gasteiger partial charge in [-0.05, 0) is 60.7 Å². The third-order valence-electron chi connectivity index (χ3n) is 6.06. The first-order chi connectivity index (χ1) is 18.6. The standard InChI is InChI=1S/C27H26N6O4S/c1-36-23-10-4-19(5-11-23)26(35)33-15-13-32(14-16-33)22-8-6-21(7-9-22)29-24(34)18-38-27-31-30-25(37-27)20-3-2-12-28-17-20/h2-12,17H,13-16,18H2,1H3,(H,29,34). The third-order valence-corrected chi connectivity index (χ3v) is 6.88. The Morgan fingerprint density at radius 1 is 1.00 bits per heavy atom. The Hall–Kier alpha value is -4.38. The minimum absolute atomic E-state index is 0.0251. The molecule has 0 bridgehead atoms. The molecule has 11 heteroatoms. The molecule has 0 aliphatic carbocycles. The van der Waals surface area contributed by atoms with Crippen molar-refractivity contribution >= 4 is 35.0 Å². The quantitative estimate of drug-likeness (QED) is 0.340. The van der Waals surface area contributed by atoms with Gasteiger partial charge in [0, 0.05) is 55.5 Å². The Bertz CT molecular complexity index is 1370. The average molecular weight is 531 g/mol. The maximum absolute atomic E-state index is 12.8. The molecule has 1 aliphatic heterocycles. The van der Waals surface area contributed by atoms with Crippen molar-refractivity contribution in [2.24, 2.45) is 0 Å². The van der Waals surface area contributed by atoms with Crippen LogP contribution >= 0.6 is 11.8 Å². The fourth-order valence-electron chi connectivity index (χ4n) is 4.04. The molecule has 1 aliphatic rings. The van der Waals surface area contributed by atoms with E-state index in [1.165, 1.54) is 11.8 Å². The van der Waals surface area contributed by atoms with Gasteiger partial charge in [0.25, 0.3) is 11.1 Å². The summed E-state index contributed by atoms with van der Waals surface area (Å²) in [4.78, 5) is 33.4. The normalized spacial score (nSPS) is 13.3. The lowest BCUT2D eigenvalue weighted by molar-refractivity contribution is -0.113. The second-order valence-electron chi connectivity index (χ2n) is 8.51. The molecule has 2 amide bonds. The molecule has 0 saturated carbocycles. The highest BCUT2D eigenvalue weighted by atomic mass is 32.2. The topological polar surface area (TPSA) is 114 Å². The number of carbonyl (C=O) groups excluding carboxylic acids is 2. The van der Waals surface area contributed by atoms with Crippen LogP contribution in [0.25, 0.3) is 11.5 Å². The number of aromatic nitrogens is 3. The van der Waals surface area contributed by atoms with Gasteiger partial charge in [-0.25, -0.2) is 0 Å². The summed E-state index contributed by atoms with van der Waals surface area (Å²) in [5.41, 5.74) is 3.13. The smallest absolute Gasteiger partial charge is 0.277 e. The highest BCUT2D eigenvalue weighted by molar-refractivity contribution is 7.99. The highest BCUT2D eigenvalue weighted by Gasteiger charge is 2.22. The maximum atomic E-state index is 12.8. The van der Waals surface area contributed by atoms with Gasteiger partial charge >= 0.3 is 0 Å². The summed E-state index contributed by atoms with van der Waals surface area (Å²) in [5, 5.41) is 11.2. The number of thioether (sulfide) groups is 1. The van der Waals surface area contributed by atoms with Crippen molar-refractivity contribution in [1.82, 2.24) is 20.1 Å². The molecule has 0 unspecified atom stereocenters. The van der Waals surface area contributed by atoms with Gasteiger partial charge in [-0.3, -0.25) is 14.6 Å². The number of hydrogen-bond donors (Lipinski definition) is 1. The number of benzene rings is 2. The van der Waals surface area contributed by atoms with E-state index in [-0.39, 0.29) is 17.6 Å². The van der Waals surface area contributed by atoms with Gasteiger partial charge in [0.1, 0.15) is 5.75 Å². The summed E-state index contributed by atoms with van der Waals surface area (Å²) >= 11 is 1.17. The van der Waals surface area contributed by atoms with Gasteiger partial charge in [-0.1, -0.05) is 11.8 Å². The predicted octanol–water partition coefficient (Wildman–Crippen LogP) is 3.83. The van der Waals surface area contributed by atoms with Crippen LogP contribution in [0.5, 0.6) is 5.75 Å². The summed E-state index contributed by atoms with van der Waals surface area (Å²) in [6.07, 6.45) is 3.31. The van der Waals surface area contributed by atoms with Gasteiger partial charge < -0.3 is 24.3 Å². The molecule has 4 aromatic rings. The van der Waals surface area contributed by atoms with Crippen LogP contribution in [0.4, 0.5) is 11.4 Å². The van der Waals surface area contributed by atoms with Crippen molar-refractivity contribution in [2.75, 3.05) is 49.3 Å². The summed E-state index contributed by atoms with van der Waals surface area (Å²) < 4.78 is 10.8. The first-order valence-electron chi connectivity index (χ1n) is 12.0. The minimum Gasteiger partial charge on any atom is -0.497 e. The van der Waals surface area contributed by atoms with Crippen LogP contribution in [0.2, 0.25) is 0 Å². The third kappa shape index (κ3) is 6.12. The molecule has 10 nitrogen and oxygen atoms in total. The first-order valence-corrected chi connectivity index (χ1v) is 13.0. The van der Waals surface area contributed by atoms with Crippen molar-refractivity contribution < 1.29 is 18.7 Å². The van der Waals surface area contributed by atoms with E-state index in [1.807, 2.05) is 35.2 Å². The van der Waals surface area contributed by atoms with E-state index >= 15 is 0 Å². The molecule has 1 N–H and O–H groups in total. The number of ether oxygens (including phenoxy) is 1. The van der Waals surface area contributed by atoms with Crippen LogP contribution < -0.4 is 15.0 Å². The summed E-state index contributed by atoms with van der Waals surface area (Å²) in [5.74, 6) is 1.08. The first kappa shape index (κ1) is 25.3. The van der Waals surface area contributed by atoms with Crippen LogP contribution in [-0.2, 0) is 4.79 Å². The van der Waals surface area contributed by atoms with Crippen LogP contribution in [0.3, 0.4) is 0 Å². The Morgan fingerprint density at radius 3 is 2.45 bits per heavy atom. The monoisotopic (exact) mass is 530 g/mol. The number of anilines is 2. The number of nitrogens with one attached hydrogen (secondary N) is 1. The molecular formula is C27H26N6O4S. The van der Waals surface area contributed by atoms with E-state index in [9.17, 15) is 9.59 Å². The van der Waals surface area contributed by atoms with Gasteiger partial charge in [0.15, 0.2) is 0 Å². The van der Waals surface area contributed by atoms with E-state index < -0.39 is 0 Å². The Morgan fingerprint density at radius 2 is 1.76 bits per heavy atom. The van der Waals surface area contributed by atoms with Gasteiger partial charge in [-0.15, -0.1) is 10.2 Å². The zero-order chi connectivity index (χ0) is 26.3. The number of rotatable bonds is 8. The van der Waals surface area contributed by atoms with Crippen LogP contribution in [0, 0.1) is 0 Å². The van der Waals surface area contributed by atoms with Gasteiger partial charge in [0.2, 0.25) is 11.8 Å². The number of piperazine rings is 1. The Kier molecular flexibility index (Phi) is 7.84. The predicted molar refractivity (Wildman–Crippen MR) is 144 cm³/mol. The van der Waals surface area contributed by atoms with Crippen molar-refractivity contribution in [3.05, 3.63) is 78.6 Å². The lowest BCUT2D eigenvalue weighted by atomic mass is 10.1. The molecule has 2 aromatic carbocycles. The number of amides is 2. The Balaban J connectivity index is 1.08. The number of carbonyl (C=O) groups is 2. The summed E-state index contributed by atoms with van der Waals surface area (Å²) in [6.45, 7) is 2.74. The molecule has 2 aromatic heterocycles. The number of pyridine rings is 1. The number of nitrogens with zero attached hydrogens (tertiary/aromatic N) is 5. The zero-order valence-electron chi connectivity index (χ0n) is 20.7. The summed E-state index contributed by atoms with van der Waals surface area (Å²) in [6, 6.07) is 18.5. The zero-order valence-corrected chi connectivity index (χ0v) is 21.6. The second-order valence-corrected chi connectivity index (χ2v) is 9.43.